The van der Waals surface area contributed by atoms with Crippen LogP contribution in [-0.4, -0.2) is 64.2 Å². The van der Waals surface area contributed by atoms with Gasteiger partial charge in [-0.25, -0.2) is 8.42 Å². The van der Waals surface area contributed by atoms with Crippen molar-refractivity contribution in [2.75, 3.05) is 37.3 Å². The van der Waals surface area contributed by atoms with E-state index in [0.717, 1.165) is 16.1 Å². The molecule has 0 spiro atoms. The standard InChI is InChI=1S/C24H33N3O5S/c1-5-22(24(29)25-6-2)26(17-16-19-10-8-7-9-11-19)23(28)18-27(33(4,30)31)20-12-14-21(32-3)15-13-20/h7-15,22H,5-6,16-18H2,1-4H3,(H,25,29)/t22-/m1/s1. The third kappa shape index (κ3) is 7.49. The van der Waals surface area contributed by atoms with Crippen molar-refractivity contribution < 1.29 is 22.7 Å². The van der Waals surface area contributed by atoms with Gasteiger partial charge in [-0.2, -0.15) is 0 Å². The minimum Gasteiger partial charge on any atom is -0.497 e. The number of amides is 2. The minimum atomic E-state index is -3.75. The van der Waals surface area contributed by atoms with Gasteiger partial charge in [-0.1, -0.05) is 37.3 Å². The van der Waals surface area contributed by atoms with Gasteiger partial charge in [0.25, 0.3) is 0 Å². The van der Waals surface area contributed by atoms with E-state index >= 15 is 0 Å². The van der Waals surface area contributed by atoms with Gasteiger partial charge in [0.15, 0.2) is 0 Å². The Hall–Kier alpha value is -3.07. The summed E-state index contributed by atoms with van der Waals surface area (Å²) >= 11 is 0. The van der Waals surface area contributed by atoms with Crippen LogP contribution in [0.25, 0.3) is 0 Å². The van der Waals surface area contributed by atoms with Crippen LogP contribution in [-0.2, 0) is 26.0 Å². The molecule has 2 amide bonds. The molecule has 1 atom stereocenters. The summed E-state index contributed by atoms with van der Waals surface area (Å²) in [5, 5.41) is 2.78. The molecule has 9 heteroatoms. The molecule has 0 bridgehead atoms. The molecule has 0 aliphatic heterocycles. The van der Waals surface area contributed by atoms with E-state index in [1.165, 1.54) is 12.0 Å². The van der Waals surface area contributed by atoms with Crippen LogP contribution >= 0.6 is 0 Å². The molecule has 2 rings (SSSR count). The SMILES string of the molecule is CCNC(=O)[C@@H](CC)N(CCc1ccccc1)C(=O)CN(c1ccc(OC)cc1)S(C)(=O)=O. The number of benzene rings is 2. The van der Waals surface area contributed by atoms with E-state index in [0.29, 0.717) is 37.4 Å². The van der Waals surface area contributed by atoms with Crippen molar-refractivity contribution >= 4 is 27.5 Å². The van der Waals surface area contributed by atoms with Crippen molar-refractivity contribution in [2.24, 2.45) is 0 Å². The number of carbonyl (C=O) groups excluding carboxylic acids is 2. The van der Waals surface area contributed by atoms with Gasteiger partial charge in [-0.3, -0.25) is 13.9 Å². The number of carbonyl (C=O) groups is 2. The van der Waals surface area contributed by atoms with Crippen molar-refractivity contribution in [3.63, 3.8) is 0 Å². The van der Waals surface area contributed by atoms with Crippen molar-refractivity contribution in [3.8, 4) is 5.75 Å². The predicted molar refractivity (Wildman–Crippen MR) is 130 cm³/mol. The van der Waals surface area contributed by atoms with Crippen molar-refractivity contribution in [2.45, 2.75) is 32.7 Å². The monoisotopic (exact) mass is 475 g/mol. The average Bonchev–Trinajstić information content (AvgIpc) is 2.80. The summed E-state index contributed by atoms with van der Waals surface area (Å²) in [7, 11) is -2.23. The molecule has 0 aliphatic carbocycles. The van der Waals surface area contributed by atoms with E-state index in [2.05, 4.69) is 5.32 Å². The fourth-order valence-electron chi connectivity index (χ4n) is 3.55. The number of nitrogens with one attached hydrogen (secondary N) is 1. The molecule has 0 aliphatic rings. The summed E-state index contributed by atoms with van der Waals surface area (Å²) < 4.78 is 31.3. The maximum Gasteiger partial charge on any atom is 0.244 e. The van der Waals surface area contributed by atoms with E-state index in [9.17, 15) is 18.0 Å². The molecule has 8 nitrogen and oxygen atoms in total. The Balaban J connectivity index is 2.33. The van der Waals surface area contributed by atoms with Crippen LogP contribution in [0.15, 0.2) is 54.6 Å². The second-order valence-electron chi connectivity index (χ2n) is 7.61. The van der Waals surface area contributed by atoms with Gasteiger partial charge >= 0.3 is 0 Å². The number of hydrogen-bond acceptors (Lipinski definition) is 5. The Morgan fingerprint density at radius 1 is 1.03 bits per heavy atom. The largest absolute Gasteiger partial charge is 0.497 e. The lowest BCUT2D eigenvalue weighted by Gasteiger charge is -2.32. The first-order valence-corrected chi connectivity index (χ1v) is 12.8. The fourth-order valence-corrected chi connectivity index (χ4v) is 4.40. The number of nitrogens with zero attached hydrogens (tertiary/aromatic N) is 2. The molecule has 0 saturated heterocycles. The van der Waals surface area contributed by atoms with Crippen LogP contribution < -0.4 is 14.4 Å². The van der Waals surface area contributed by atoms with Crippen LogP contribution in [0.4, 0.5) is 5.69 Å². The molecule has 0 aromatic heterocycles. The number of likely N-dealkylation sites (N-methyl/N-ethyl adjacent to an activating group) is 1. The molecule has 0 radical (unpaired) electrons. The fraction of sp³-hybridized carbons (Fsp3) is 0.417. The summed E-state index contributed by atoms with van der Waals surface area (Å²) in [5.41, 5.74) is 1.37. The van der Waals surface area contributed by atoms with Crippen LogP contribution in [0.2, 0.25) is 0 Å². The quantitative estimate of drug-likeness (QED) is 0.509. The minimum absolute atomic E-state index is 0.253. The molecule has 180 valence electrons. The summed E-state index contributed by atoms with van der Waals surface area (Å²) in [4.78, 5) is 27.6. The van der Waals surface area contributed by atoms with E-state index in [1.54, 1.807) is 24.3 Å². The molecule has 2 aromatic rings. The molecule has 0 heterocycles. The van der Waals surface area contributed by atoms with Gasteiger partial charge in [-0.15, -0.1) is 0 Å². The zero-order valence-corrected chi connectivity index (χ0v) is 20.5. The number of methoxy groups -OCH3 is 1. The second-order valence-corrected chi connectivity index (χ2v) is 9.52. The molecule has 33 heavy (non-hydrogen) atoms. The van der Waals surface area contributed by atoms with Crippen LogP contribution in [0, 0.1) is 0 Å². The first-order valence-electron chi connectivity index (χ1n) is 10.9. The Morgan fingerprint density at radius 2 is 1.67 bits per heavy atom. The Morgan fingerprint density at radius 3 is 2.18 bits per heavy atom. The molecule has 0 saturated carbocycles. The second kappa shape index (κ2) is 12.2. The summed E-state index contributed by atoms with van der Waals surface area (Å²) in [6.45, 7) is 3.97. The van der Waals surface area contributed by atoms with Crippen LogP contribution in [0.5, 0.6) is 5.75 Å². The highest BCUT2D eigenvalue weighted by atomic mass is 32.2. The highest BCUT2D eigenvalue weighted by molar-refractivity contribution is 7.92. The predicted octanol–water partition coefficient (Wildman–Crippen LogP) is 2.45. The van der Waals surface area contributed by atoms with Gasteiger partial charge in [0.2, 0.25) is 21.8 Å². The number of rotatable bonds is 12. The maximum atomic E-state index is 13.4. The lowest BCUT2D eigenvalue weighted by Crippen LogP contribution is -2.53. The van der Waals surface area contributed by atoms with Crippen molar-refractivity contribution in [3.05, 3.63) is 60.2 Å². The lowest BCUT2D eigenvalue weighted by molar-refractivity contribution is -0.139. The van der Waals surface area contributed by atoms with Gasteiger partial charge in [0.05, 0.1) is 19.1 Å². The third-order valence-electron chi connectivity index (χ3n) is 5.26. The summed E-state index contributed by atoms with van der Waals surface area (Å²) in [6.07, 6.45) is 2.01. The Kier molecular flexibility index (Phi) is 9.72. The van der Waals surface area contributed by atoms with E-state index in [1.807, 2.05) is 44.2 Å². The number of anilines is 1. The number of ether oxygens (including phenoxy) is 1. The highest BCUT2D eigenvalue weighted by Crippen LogP contribution is 2.22. The van der Waals surface area contributed by atoms with Crippen molar-refractivity contribution in [1.29, 1.82) is 0 Å². The smallest absolute Gasteiger partial charge is 0.244 e. The highest BCUT2D eigenvalue weighted by Gasteiger charge is 2.31. The lowest BCUT2D eigenvalue weighted by atomic mass is 10.1. The Labute approximate surface area is 196 Å². The van der Waals surface area contributed by atoms with Gasteiger partial charge in [-0.05, 0) is 49.6 Å². The third-order valence-corrected chi connectivity index (χ3v) is 6.40. The van der Waals surface area contributed by atoms with Crippen LogP contribution in [0.3, 0.4) is 0 Å². The van der Waals surface area contributed by atoms with E-state index < -0.39 is 28.5 Å². The first-order chi connectivity index (χ1) is 15.7. The molecular formula is C24H33N3O5S. The summed E-state index contributed by atoms with van der Waals surface area (Å²) in [6, 6.07) is 15.4. The van der Waals surface area contributed by atoms with E-state index in [-0.39, 0.29) is 5.91 Å². The average molecular weight is 476 g/mol. The molecular weight excluding hydrogens is 442 g/mol. The van der Waals surface area contributed by atoms with E-state index in [4.69, 9.17) is 4.74 Å². The molecule has 2 aromatic carbocycles. The van der Waals surface area contributed by atoms with Gasteiger partial charge in [0.1, 0.15) is 18.3 Å². The van der Waals surface area contributed by atoms with Crippen LogP contribution in [0.1, 0.15) is 25.8 Å². The maximum absolute atomic E-state index is 13.4. The van der Waals surface area contributed by atoms with Gasteiger partial charge in [0, 0.05) is 13.1 Å². The zero-order valence-electron chi connectivity index (χ0n) is 19.7. The summed E-state index contributed by atoms with van der Waals surface area (Å²) in [5.74, 6) is -0.118. The van der Waals surface area contributed by atoms with Gasteiger partial charge < -0.3 is 15.0 Å². The topological polar surface area (TPSA) is 96.0 Å². The van der Waals surface area contributed by atoms with Crippen molar-refractivity contribution in [1.82, 2.24) is 10.2 Å². The number of hydrogen-bond donors (Lipinski definition) is 1. The Bertz CT molecular complexity index is 1010. The normalized spacial score (nSPS) is 12.0. The molecule has 1 N–H and O–H groups in total. The molecule has 0 fully saturated rings. The number of sulfonamides is 1. The first kappa shape index (κ1) is 26.2. The molecule has 0 unspecified atom stereocenters. The zero-order chi connectivity index (χ0) is 24.4.